The number of aromatic nitrogens is 2. The first kappa shape index (κ1) is 13.2. The summed E-state index contributed by atoms with van der Waals surface area (Å²) in [6, 6.07) is 1.45. The molecule has 0 aromatic carbocycles. The van der Waals surface area contributed by atoms with Gasteiger partial charge in [-0.1, -0.05) is 32.4 Å². The van der Waals surface area contributed by atoms with Gasteiger partial charge in [-0.15, -0.1) is 0 Å². The number of anilines is 1. The van der Waals surface area contributed by atoms with Gasteiger partial charge in [0, 0.05) is 12.5 Å². The standard InChI is InChI=1S/C10H13Cl2N3O/c1-10(2,3)5-8(16)14-7-4-6(11)13-9(12)15-7/h4H,5H2,1-3H3,(H,13,14,15,16). The second-order valence-corrected chi connectivity index (χ2v) is 5.36. The summed E-state index contributed by atoms with van der Waals surface area (Å²) in [5, 5.41) is 2.83. The largest absolute Gasteiger partial charge is 0.310 e. The molecule has 0 fully saturated rings. The summed E-state index contributed by atoms with van der Waals surface area (Å²) >= 11 is 11.3. The third-order valence-corrected chi connectivity index (χ3v) is 1.99. The number of hydrogen-bond donors (Lipinski definition) is 1. The van der Waals surface area contributed by atoms with Crippen molar-refractivity contribution in [3.05, 3.63) is 16.5 Å². The molecule has 6 heteroatoms. The van der Waals surface area contributed by atoms with Gasteiger partial charge in [0.1, 0.15) is 11.0 Å². The molecule has 1 N–H and O–H groups in total. The predicted octanol–water partition coefficient (Wildman–Crippen LogP) is 3.16. The van der Waals surface area contributed by atoms with Gasteiger partial charge < -0.3 is 5.32 Å². The van der Waals surface area contributed by atoms with Crippen LogP contribution < -0.4 is 5.32 Å². The highest BCUT2D eigenvalue weighted by atomic mass is 35.5. The van der Waals surface area contributed by atoms with Gasteiger partial charge in [0.15, 0.2) is 0 Å². The minimum absolute atomic E-state index is 0.0126. The van der Waals surface area contributed by atoms with Crippen LogP contribution in [-0.4, -0.2) is 15.9 Å². The second kappa shape index (κ2) is 4.97. The summed E-state index contributed by atoms with van der Waals surface area (Å²) in [7, 11) is 0. The third-order valence-electron chi connectivity index (χ3n) is 1.63. The molecule has 1 aromatic heterocycles. The number of amides is 1. The van der Waals surface area contributed by atoms with E-state index in [1.54, 1.807) is 0 Å². The van der Waals surface area contributed by atoms with Gasteiger partial charge in [0.2, 0.25) is 11.2 Å². The average Bonchev–Trinajstić information content (AvgIpc) is 1.96. The average molecular weight is 262 g/mol. The van der Waals surface area contributed by atoms with Gasteiger partial charge in [-0.25, -0.2) is 9.97 Å². The van der Waals surface area contributed by atoms with E-state index in [1.165, 1.54) is 6.07 Å². The van der Waals surface area contributed by atoms with Crippen molar-refractivity contribution in [2.24, 2.45) is 5.41 Å². The lowest BCUT2D eigenvalue weighted by molar-refractivity contribution is -0.117. The molecule has 1 rings (SSSR count). The number of carbonyl (C=O) groups excluding carboxylic acids is 1. The van der Waals surface area contributed by atoms with Crippen LogP contribution in [0.4, 0.5) is 5.82 Å². The highest BCUT2D eigenvalue weighted by molar-refractivity contribution is 6.32. The fourth-order valence-electron chi connectivity index (χ4n) is 1.12. The lowest BCUT2D eigenvalue weighted by Crippen LogP contribution is -2.20. The Balaban J connectivity index is 2.70. The molecule has 1 aromatic rings. The lowest BCUT2D eigenvalue weighted by atomic mass is 9.92. The smallest absolute Gasteiger partial charge is 0.226 e. The van der Waals surface area contributed by atoms with Crippen molar-refractivity contribution in [1.82, 2.24) is 9.97 Å². The SMILES string of the molecule is CC(C)(C)CC(=O)Nc1cc(Cl)nc(Cl)n1. The summed E-state index contributed by atoms with van der Waals surface area (Å²) in [4.78, 5) is 19.1. The van der Waals surface area contributed by atoms with Crippen molar-refractivity contribution in [2.45, 2.75) is 27.2 Å². The van der Waals surface area contributed by atoms with Crippen LogP contribution in [-0.2, 0) is 4.79 Å². The van der Waals surface area contributed by atoms with E-state index in [4.69, 9.17) is 23.2 Å². The first-order chi connectivity index (χ1) is 7.26. The van der Waals surface area contributed by atoms with Crippen LogP contribution >= 0.6 is 23.2 Å². The van der Waals surface area contributed by atoms with Crippen LogP contribution in [0.1, 0.15) is 27.2 Å². The van der Waals surface area contributed by atoms with Gasteiger partial charge in [-0.3, -0.25) is 4.79 Å². The van der Waals surface area contributed by atoms with E-state index in [0.29, 0.717) is 12.2 Å². The minimum Gasteiger partial charge on any atom is -0.310 e. The number of nitrogens with one attached hydrogen (secondary N) is 1. The van der Waals surface area contributed by atoms with Crippen molar-refractivity contribution >= 4 is 34.9 Å². The molecule has 88 valence electrons. The highest BCUT2D eigenvalue weighted by Crippen LogP contribution is 2.20. The minimum atomic E-state index is -0.127. The summed E-state index contributed by atoms with van der Waals surface area (Å²) in [6.07, 6.45) is 0.395. The summed E-state index contributed by atoms with van der Waals surface area (Å²) in [5.74, 6) is 0.192. The normalized spacial score (nSPS) is 11.3. The van der Waals surface area contributed by atoms with E-state index in [1.807, 2.05) is 20.8 Å². The van der Waals surface area contributed by atoms with E-state index in [2.05, 4.69) is 15.3 Å². The van der Waals surface area contributed by atoms with E-state index < -0.39 is 0 Å². The van der Waals surface area contributed by atoms with Crippen LogP contribution in [0.2, 0.25) is 10.4 Å². The van der Waals surface area contributed by atoms with Crippen molar-refractivity contribution in [3.63, 3.8) is 0 Å². The quantitative estimate of drug-likeness (QED) is 0.658. The highest BCUT2D eigenvalue weighted by Gasteiger charge is 2.16. The van der Waals surface area contributed by atoms with Crippen molar-refractivity contribution in [3.8, 4) is 0 Å². The zero-order chi connectivity index (χ0) is 12.3. The molecular weight excluding hydrogens is 249 g/mol. The maximum atomic E-state index is 11.6. The fourth-order valence-corrected chi connectivity index (χ4v) is 1.53. The molecule has 0 atom stereocenters. The first-order valence-electron chi connectivity index (χ1n) is 4.76. The molecule has 1 amide bonds. The topological polar surface area (TPSA) is 54.9 Å². The summed E-state index contributed by atoms with van der Waals surface area (Å²) in [5.41, 5.74) is -0.0787. The molecule has 0 unspecified atom stereocenters. The van der Waals surface area contributed by atoms with Gasteiger partial charge in [0.05, 0.1) is 0 Å². The Morgan fingerprint density at radius 1 is 1.38 bits per heavy atom. The molecule has 0 aliphatic carbocycles. The van der Waals surface area contributed by atoms with Crippen LogP contribution in [0.3, 0.4) is 0 Å². The zero-order valence-electron chi connectivity index (χ0n) is 9.34. The Kier molecular flexibility index (Phi) is 4.10. The maximum absolute atomic E-state index is 11.6. The van der Waals surface area contributed by atoms with Crippen LogP contribution in [0.5, 0.6) is 0 Å². The van der Waals surface area contributed by atoms with Crippen molar-refractivity contribution in [1.29, 1.82) is 0 Å². The Bertz CT molecular complexity index is 381. The molecule has 0 aliphatic rings. The first-order valence-corrected chi connectivity index (χ1v) is 5.52. The van der Waals surface area contributed by atoms with Gasteiger partial charge in [-0.05, 0) is 17.0 Å². The summed E-state index contributed by atoms with van der Waals surface area (Å²) < 4.78 is 0. The molecule has 4 nitrogen and oxygen atoms in total. The summed E-state index contributed by atoms with van der Waals surface area (Å²) in [6.45, 7) is 5.94. The second-order valence-electron chi connectivity index (χ2n) is 4.63. The fraction of sp³-hybridized carbons (Fsp3) is 0.500. The monoisotopic (exact) mass is 261 g/mol. The van der Waals surface area contributed by atoms with Crippen molar-refractivity contribution < 1.29 is 4.79 Å². The Morgan fingerprint density at radius 2 is 2.00 bits per heavy atom. The van der Waals surface area contributed by atoms with Gasteiger partial charge in [-0.2, -0.15) is 0 Å². The Morgan fingerprint density at radius 3 is 2.50 bits per heavy atom. The molecule has 0 aliphatic heterocycles. The molecule has 0 spiro atoms. The Labute approximate surface area is 104 Å². The molecule has 16 heavy (non-hydrogen) atoms. The number of nitrogens with zero attached hydrogens (tertiary/aromatic N) is 2. The van der Waals surface area contributed by atoms with E-state index in [9.17, 15) is 4.79 Å². The number of carbonyl (C=O) groups is 1. The number of halogens is 2. The van der Waals surface area contributed by atoms with E-state index >= 15 is 0 Å². The van der Waals surface area contributed by atoms with Crippen LogP contribution in [0.25, 0.3) is 0 Å². The van der Waals surface area contributed by atoms with Gasteiger partial charge in [0.25, 0.3) is 0 Å². The molecule has 0 saturated heterocycles. The maximum Gasteiger partial charge on any atom is 0.226 e. The molecule has 0 saturated carbocycles. The molecule has 0 radical (unpaired) electrons. The van der Waals surface area contributed by atoms with Crippen LogP contribution in [0.15, 0.2) is 6.07 Å². The lowest BCUT2D eigenvalue weighted by Gasteiger charge is -2.16. The van der Waals surface area contributed by atoms with Crippen molar-refractivity contribution in [2.75, 3.05) is 5.32 Å². The van der Waals surface area contributed by atoms with E-state index in [0.717, 1.165) is 0 Å². The molecule has 0 bridgehead atoms. The van der Waals surface area contributed by atoms with Crippen LogP contribution in [0, 0.1) is 5.41 Å². The number of rotatable bonds is 2. The van der Waals surface area contributed by atoms with Gasteiger partial charge >= 0.3 is 0 Å². The third kappa shape index (κ3) is 4.77. The van der Waals surface area contributed by atoms with E-state index in [-0.39, 0.29) is 21.8 Å². The molecule has 1 heterocycles. The predicted molar refractivity (Wildman–Crippen MR) is 64.8 cm³/mol. The molecular formula is C10H13Cl2N3O. The zero-order valence-corrected chi connectivity index (χ0v) is 10.9. The number of hydrogen-bond acceptors (Lipinski definition) is 3. The Hall–Kier alpha value is -0.870.